The lowest BCUT2D eigenvalue weighted by Gasteiger charge is -2.11. The van der Waals surface area contributed by atoms with E-state index >= 15 is 0 Å². The van der Waals surface area contributed by atoms with Crippen molar-refractivity contribution in [2.45, 2.75) is 13.2 Å². The normalized spacial score (nSPS) is 11.6. The van der Waals surface area contributed by atoms with Crippen molar-refractivity contribution < 1.29 is 19.1 Å². The molecule has 0 heterocycles. The van der Waals surface area contributed by atoms with Crippen LogP contribution in [-0.2, 0) is 22.8 Å². The molecule has 0 atom stereocenters. The number of aldehydes is 2. The number of rotatable bonds is 11. The molecule has 4 nitrogen and oxygen atoms in total. The van der Waals surface area contributed by atoms with Crippen molar-refractivity contribution in [3.05, 3.63) is 143 Å². The van der Waals surface area contributed by atoms with E-state index in [9.17, 15) is 9.59 Å². The SMILES string of the molecule is O=CC(=C\c1ccccc1OCc1ccccc1)/C(C=O)=C/c1ccccc1OCc1ccccc1. The Balaban J connectivity index is 1.59. The summed E-state index contributed by atoms with van der Waals surface area (Å²) in [6, 6.07) is 34.5. The second-order valence-corrected chi connectivity index (χ2v) is 8.06. The molecule has 4 rings (SSSR count). The molecule has 4 heteroatoms. The van der Waals surface area contributed by atoms with E-state index in [-0.39, 0.29) is 11.1 Å². The van der Waals surface area contributed by atoms with Gasteiger partial charge in [-0.05, 0) is 35.4 Å². The number of hydrogen-bond donors (Lipinski definition) is 0. The van der Waals surface area contributed by atoms with E-state index in [0.717, 1.165) is 11.1 Å². The highest BCUT2D eigenvalue weighted by Gasteiger charge is 2.10. The van der Waals surface area contributed by atoms with Crippen LogP contribution in [0.5, 0.6) is 11.5 Å². The van der Waals surface area contributed by atoms with Gasteiger partial charge in [-0.1, -0.05) is 97.1 Å². The Kier molecular flexibility index (Phi) is 8.60. The second-order valence-electron chi connectivity index (χ2n) is 8.06. The van der Waals surface area contributed by atoms with Gasteiger partial charge in [-0.3, -0.25) is 9.59 Å². The summed E-state index contributed by atoms with van der Waals surface area (Å²) in [6.45, 7) is 0.787. The minimum absolute atomic E-state index is 0.249. The molecule has 0 bridgehead atoms. The molecule has 0 unspecified atom stereocenters. The fourth-order valence-electron chi connectivity index (χ4n) is 3.64. The van der Waals surface area contributed by atoms with Crippen LogP contribution in [0, 0.1) is 0 Å². The summed E-state index contributed by atoms with van der Waals surface area (Å²) in [5, 5.41) is 0. The zero-order valence-corrected chi connectivity index (χ0v) is 19.7. The van der Waals surface area contributed by atoms with Crippen LogP contribution in [0.4, 0.5) is 0 Å². The smallest absolute Gasteiger partial charge is 0.150 e. The predicted octanol–water partition coefficient (Wildman–Crippen LogP) is 6.71. The van der Waals surface area contributed by atoms with E-state index < -0.39 is 0 Å². The van der Waals surface area contributed by atoms with Crippen LogP contribution in [0.25, 0.3) is 12.2 Å². The maximum atomic E-state index is 12.0. The number of hydrogen-bond acceptors (Lipinski definition) is 4. The average Bonchev–Trinajstić information content (AvgIpc) is 2.94. The van der Waals surface area contributed by atoms with Crippen molar-refractivity contribution in [2.75, 3.05) is 0 Å². The lowest BCUT2D eigenvalue weighted by Crippen LogP contribution is -1.99. The minimum atomic E-state index is 0.249. The number of allylic oxidation sites excluding steroid dienone is 2. The fraction of sp³-hybridized carbons (Fsp3) is 0.0625. The first-order valence-corrected chi connectivity index (χ1v) is 11.6. The molecule has 0 saturated heterocycles. The average molecular weight is 475 g/mol. The van der Waals surface area contributed by atoms with Crippen molar-refractivity contribution in [2.24, 2.45) is 0 Å². The predicted molar refractivity (Wildman–Crippen MR) is 143 cm³/mol. The zero-order chi connectivity index (χ0) is 25.0. The third-order valence-electron chi connectivity index (χ3n) is 5.52. The van der Waals surface area contributed by atoms with Gasteiger partial charge < -0.3 is 9.47 Å². The van der Waals surface area contributed by atoms with Crippen molar-refractivity contribution in [3.63, 3.8) is 0 Å². The van der Waals surface area contributed by atoms with E-state index in [4.69, 9.17) is 9.47 Å². The molecule has 4 aromatic carbocycles. The van der Waals surface area contributed by atoms with Gasteiger partial charge in [0.15, 0.2) is 12.6 Å². The van der Waals surface area contributed by atoms with Crippen LogP contribution < -0.4 is 9.47 Å². The molecule has 0 amide bonds. The molecule has 0 N–H and O–H groups in total. The summed E-state index contributed by atoms with van der Waals surface area (Å²) in [4.78, 5) is 24.1. The molecule has 0 radical (unpaired) electrons. The standard InChI is InChI=1S/C32H26O4/c33-21-29(19-27-15-7-9-17-31(27)35-23-25-11-3-1-4-12-25)30(22-34)20-28-16-8-10-18-32(28)36-24-26-13-5-2-6-14-26/h1-22H,23-24H2/b29-19+,30-20+. The lowest BCUT2D eigenvalue weighted by molar-refractivity contribution is -0.107. The summed E-state index contributed by atoms with van der Waals surface area (Å²) in [6.07, 6.45) is 4.70. The highest BCUT2D eigenvalue weighted by molar-refractivity contribution is 6.03. The first-order valence-electron chi connectivity index (χ1n) is 11.6. The molecular formula is C32H26O4. The summed E-state index contributed by atoms with van der Waals surface area (Å²) < 4.78 is 12.0. The lowest BCUT2D eigenvalue weighted by atomic mass is 10.0. The Bertz CT molecular complexity index is 1250. The molecular weight excluding hydrogens is 448 g/mol. The molecule has 0 aliphatic heterocycles. The number of carbonyl (C=O) groups excluding carboxylic acids is 2. The summed E-state index contributed by atoms with van der Waals surface area (Å²) in [7, 11) is 0. The first kappa shape index (κ1) is 24.4. The second kappa shape index (κ2) is 12.7. The third-order valence-corrected chi connectivity index (χ3v) is 5.52. The Morgan fingerprint density at radius 1 is 0.500 bits per heavy atom. The Labute approximate surface area is 211 Å². The summed E-state index contributed by atoms with van der Waals surface area (Å²) in [5.74, 6) is 1.25. The maximum absolute atomic E-state index is 12.0. The zero-order valence-electron chi connectivity index (χ0n) is 19.7. The van der Waals surface area contributed by atoms with Gasteiger partial charge in [0.25, 0.3) is 0 Å². The van der Waals surface area contributed by atoms with Gasteiger partial charge in [-0.15, -0.1) is 0 Å². The van der Waals surface area contributed by atoms with Crippen LogP contribution in [0.1, 0.15) is 22.3 Å². The summed E-state index contributed by atoms with van der Waals surface area (Å²) >= 11 is 0. The minimum Gasteiger partial charge on any atom is -0.488 e. The van der Waals surface area contributed by atoms with Gasteiger partial charge in [-0.25, -0.2) is 0 Å². The number of para-hydroxylation sites is 2. The third kappa shape index (κ3) is 6.67. The van der Waals surface area contributed by atoms with Crippen LogP contribution in [0.15, 0.2) is 120 Å². The summed E-state index contributed by atoms with van der Waals surface area (Å²) in [5.41, 5.74) is 3.98. The molecule has 36 heavy (non-hydrogen) atoms. The van der Waals surface area contributed by atoms with E-state index in [0.29, 0.717) is 48.4 Å². The monoisotopic (exact) mass is 474 g/mol. The van der Waals surface area contributed by atoms with E-state index in [2.05, 4.69) is 0 Å². The number of benzene rings is 4. The van der Waals surface area contributed by atoms with Crippen LogP contribution >= 0.6 is 0 Å². The largest absolute Gasteiger partial charge is 0.488 e. The van der Waals surface area contributed by atoms with Crippen LogP contribution in [0.2, 0.25) is 0 Å². The van der Waals surface area contributed by atoms with Crippen molar-refractivity contribution in [1.29, 1.82) is 0 Å². The van der Waals surface area contributed by atoms with Gasteiger partial charge in [0, 0.05) is 22.3 Å². The van der Waals surface area contributed by atoms with Gasteiger partial charge >= 0.3 is 0 Å². The molecule has 0 spiro atoms. The van der Waals surface area contributed by atoms with E-state index in [1.54, 1.807) is 12.2 Å². The topological polar surface area (TPSA) is 52.6 Å². The Morgan fingerprint density at radius 3 is 1.25 bits per heavy atom. The maximum Gasteiger partial charge on any atom is 0.150 e. The van der Waals surface area contributed by atoms with Gasteiger partial charge in [0.1, 0.15) is 24.7 Å². The molecule has 4 aromatic rings. The fourth-order valence-corrected chi connectivity index (χ4v) is 3.64. The highest BCUT2D eigenvalue weighted by atomic mass is 16.5. The molecule has 178 valence electrons. The molecule has 0 aliphatic carbocycles. The quantitative estimate of drug-likeness (QED) is 0.138. The van der Waals surface area contributed by atoms with Gasteiger partial charge in [0.2, 0.25) is 0 Å². The van der Waals surface area contributed by atoms with Gasteiger partial charge in [0.05, 0.1) is 0 Å². The van der Waals surface area contributed by atoms with E-state index in [1.165, 1.54) is 0 Å². The number of ether oxygens (including phenoxy) is 2. The molecule has 0 aliphatic rings. The van der Waals surface area contributed by atoms with Crippen molar-refractivity contribution in [1.82, 2.24) is 0 Å². The van der Waals surface area contributed by atoms with Crippen molar-refractivity contribution >= 4 is 24.7 Å². The highest BCUT2D eigenvalue weighted by Crippen LogP contribution is 2.26. The molecule has 0 saturated carbocycles. The van der Waals surface area contributed by atoms with Crippen LogP contribution in [0.3, 0.4) is 0 Å². The number of carbonyl (C=O) groups is 2. The Morgan fingerprint density at radius 2 is 0.861 bits per heavy atom. The van der Waals surface area contributed by atoms with Crippen molar-refractivity contribution in [3.8, 4) is 11.5 Å². The van der Waals surface area contributed by atoms with Crippen LogP contribution in [-0.4, -0.2) is 12.6 Å². The van der Waals surface area contributed by atoms with E-state index in [1.807, 2.05) is 109 Å². The van der Waals surface area contributed by atoms with Gasteiger partial charge in [-0.2, -0.15) is 0 Å². The Hall–Kier alpha value is -4.70. The first-order chi connectivity index (χ1) is 17.8. The molecule has 0 aromatic heterocycles. The molecule has 0 fully saturated rings.